The molecule has 1 saturated carbocycles. The fraction of sp³-hybridized carbons (Fsp3) is 0.500. The van der Waals surface area contributed by atoms with Crippen LogP contribution >= 0.6 is 11.6 Å². The van der Waals surface area contributed by atoms with Crippen molar-refractivity contribution in [2.45, 2.75) is 38.1 Å². The van der Waals surface area contributed by atoms with Gasteiger partial charge in [0, 0.05) is 18.3 Å². The maximum atomic E-state index is 11.1. The van der Waals surface area contributed by atoms with Crippen LogP contribution in [0.3, 0.4) is 0 Å². The summed E-state index contributed by atoms with van der Waals surface area (Å²) in [6.07, 6.45) is 7.88. The number of hydrogen-bond donors (Lipinski definition) is 0. The number of nitrogens with zero attached hydrogens (tertiary/aromatic N) is 3. The summed E-state index contributed by atoms with van der Waals surface area (Å²) in [4.78, 5) is 17.2. The molecule has 5 nitrogen and oxygen atoms in total. The van der Waals surface area contributed by atoms with Crippen LogP contribution in [0.15, 0.2) is 17.1 Å². The lowest BCUT2D eigenvalue weighted by Crippen LogP contribution is -2.39. The van der Waals surface area contributed by atoms with E-state index in [1.807, 2.05) is 6.21 Å². The number of aliphatic imine (C=N–C) groups is 1. The summed E-state index contributed by atoms with van der Waals surface area (Å²) in [5, 5.41) is 11.2. The summed E-state index contributed by atoms with van der Waals surface area (Å²) < 4.78 is 0. The van der Waals surface area contributed by atoms with Gasteiger partial charge in [-0.15, -0.1) is 0 Å². The molecule has 0 radical (unpaired) electrons. The lowest BCUT2D eigenvalue weighted by atomic mass is 9.93. The molecule has 0 N–H and O–H groups in total. The van der Waals surface area contributed by atoms with E-state index in [1.165, 1.54) is 19.3 Å². The first-order chi connectivity index (χ1) is 9.66. The second kappa shape index (κ2) is 5.40. The molecule has 2 aliphatic rings. The van der Waals surface area contributed by atoms with Crippen LogP contribution in [-0.4, -0.2) is 23.7 Å². The topological polar surface area (TPSA) is 58.7 Å². The number of benzene rings is 1. The number of hydrogen-bond acceptors (Lipinski definition) is 4. The second-order valence-corrected chi connectivity index (χ2v) is 5.71. The van der Waals surface area contributed by atoms with Gasteiger partial charge in [-0.05, 0) is 18.9 Å². The third kappa shape index (κ3) is 2.38. The Labute approximate surface area is 122 Å². The molecule has 0 bridgehead atoms. The molecule has 1 aromatic rings. The predicted octanol–water partition coefficient (Wildman–Crippen LogP) is 4.10. The molecule has 1 aliphatic carbocycles. The molecule has 1 aliphatic heterocycles. The van der Waals surface area contributed by atoms with Gasteiger partial charge in [0.15, 0.2) is 0 Å². The molecule has 0 saturated heterocycles. The Bertz CT molecular complexity index is 568. The van der Waals surface area contributed by atoms with Crippen LogP contribution in [-0.2, 0) is 0 Å². The quantitative estimate of drug-likeness (QED) is 0.609. The Morgan fingerprint density at radius 3 is 2.75 bits per heavy atom. The van der Waals surface area contributed by atoms with E-state index in [1.54, 1.807) is 12.1 Å². The lowest BCUT2D eigenvalue weighted by Gasteiger charge is -2.37. The van der Waals surface area contributed by atoms with Crippen molar-refractivity contribution in [3.05, 3.63) is 27.3 Å². The van der Waals surface area contributed by atoms with Crippen molar-refractivity contribution >= 4 is 34.9 Å². The van der Waals surface area contributed by atoms with Crippen LogP contribution in [0, 0.1) is 10.1 Å². The molecular formula is C14H16ClN3O2. The van der Waals surface area contributed by atoms with Crippen molar-refractivity contribution in [3.63, 3.8) is 0 Å². The number of nitro benzene ring substituents is 1. The molecule has 0 aromatic heterocycles. The number of rotatable bonds is 2. The van der Waals surface area contributed by atoms with E-state index >= 15 is 0 Å². The maximum absolute atomic E-state index is 11.1. The van der Waals surface area contributed by atoms with E-state index in [0.717, 1.165) is 30.8 Å². The first-order valence-corrected chi connectivity index (χ1v) is 7.31. The molecule has 0 amide bonds. The van der Waals surface area contributed by atoms with Crippen LogP contribution in [0.1, 0.15) is 32.1 Å². The van der Waals surface area contributed by atoms with Gasteiger partial charge in [-0.3, -0.25) is 15.1 Å². The summed E-state index contributed by atoms with van der Waals surface area (Å²) >= 11 is 5.96. The highest BCUT2D eigenvalue weighted by molar-refractivity contribution is 6.33. The Hall–Kier alpha value is -1.62. The summed E-state index contributed by atoms with van der Waals surface area (Å²) in [5.41, 5.74) is 1.54. The van der Waals surface area contributed by atoms with Gasteiger partial charge in [0.05, 0.1) is 22.8 Å². The fourth-order valence-electron chi connectivity index (χ4n) is 3.08. The average Bonchev–Trinajstić information content (AvgIpc) is 2.46. The highest BCUT2D eigenvalue weighted by Gasteiger charge is 2.27. The lowest BCUT2D eigenvalue weighted by molar-refractivity contribution is -0.384. The van der Waals surface area contributed by atoms with Crippen molar-refractivity contribution in [1.82, 2.24) is 0 Å². The van der Waals surface area contributed by atoms with Crippen LogP contribution in [0.4, 0.5) is 17.1 Å². The van der Waals surface area contributed by atoms with Gasteiger partial charge in [0.2, 0.25) is 0 Å². The summed E-state index contributed by atoms with van der Waals surface area (Å²) in [6.45, 7) is 0.719. The van der Waals surface area contributed by atoms with Crippen molar-refractivity contribution < 1.29 is 4.92 Å². The zero-order valence-corrected chi connectivity index (χ0v) is 11.8. The summed E-state index contributed by atoms with van der Waals surface area (Å²) in [5.74, 6) is 0. The van der Waals surface area contributed by atoms with Crippen molar-refractivity contribution in [1.29, 1.82) is 0 Å². The number of fused-ring (bicyclic) bond motifs is 1. The normalized spacial score (nSPS) is 18.9. The molecule has 6 heteroatoms. The molecule has 0 unspecified atom stereocenters. The summed E-state index contributed by atoms with van der Waals surface area (Å²) in [6, 6.07) is 3.62. The van der Waals surface area contributed by atoms with Gasteiger partial charge in [0.1, 0.15) is 5.02 Å². The van der Waals surface area contributed by atoms with Crippen LogP contribution < -0.4 is 4.90 Å². The van der Waals surface area contributed by atoms with E-state index in [2.05, 4.69) is 9.89 Å². The molecule has 20 heavy (non-hydrogen) atoms. The van der Waals surface area contributed by atoms with E-state index in [4.69, 9.17) is 11.6 Å². The first-order valence-electron chi connectivity index (χ1n) is 6.94. The summed E-state index contributed by atoms with van der Waals surface area (Å²) in [7, 11) is 0. The van der Waals surface area contributed by atoms with Crippen LogP contribution in [0.5, 0.6) is 0 Å². The molecule has 106 valence electrons. The smallest absolute Gasteiger partial charge is 0.290 e. The highest BCUT2D eigenvalue weighted by Crippen LogP contribution is 2.41. The first kappa shape index (κ1) is 13.4. The van der Waals surface area contributed by atoms with Gasteiger partial charge in [0.25, 0.3) is 5.69 Å². The minimum atomic E-state index is -0.431. The Balaban J connectivity index is 2.00. The zero-order chi connectivity index (χ0) is 14.1. The van der Waals surface area contributed by atoms with E-state index in [9.17, 15) is 10.1 Å². The van der Waals surface area contributed by atoms with E-state index in [0.29, 0.717) is 6.04 Å². The molecule has 3 rings (SSSR count). The third-order valence-corrected chi connectivity index (χ3v) is 4.38. The number of halogens is 1. The highest BCUT2D eigenvalue weighted by atomic mass is 35.5. The third-order valence-electron chi connectivity index (χ3n) is 4.07. The van der Waals surface area contributed by atoms with E-state index < -0.39 is 4.92 Å². The van der Waals surface area contributed by atoms with Crippen molar-refractivity contribution in [2.75, 3.05) is 11.4 Å². The van der Waals surface area contributed by atoms with Gasteiger partial charge in [-0.1, -0.05) is 30.9 Å². The van der Waals surface area contributed by atoms with Gasteiger partial charge in [-0.25, -0.2) is 0 Å². The molecule has 1 heterocycles. The van der Waals surface area contributed by atoms with Crippen LogP contribution in [0.25, 0.3) is 0 Å². The van der Waals surface area contributed by atoms with Gasteiger partial charge in [-0.2, -0.15) is 0 Å². The second-order valence-electron chi connectivity index (χ2n) is 5.31. The van der Waals surface area contributed by atoms with Crippen LogP contribution in [0.2, 0.25) is 5.02 Å². The maximum Gasteiger partial charge on any atom is 0.290 e. The Kier molecular flexibility index (Phi) is 3.61. The van der Waals surface area contributed by atoms with Gasteiger partial charge < -0.3 is 4.90 Å². The Morgan fingerprint density at radius 1 is 1.30 bits per heavy atom. The SMILES string of the molecule is O=[N+]([O-])c1cc2c(cc1Cl)N=CCN2C1CCCCC1. The minimum absolute atomic E-state index is 0.0386. The zero-order valence-electron chi connectivity index (χ0n) is 11.1. The number of nitro groups is 1. The molecule has 1 aromatic carbocycles. The van der Waals surface area contributed by atoms with E-state index in [-0.39, 0.29) is 10.7 Å². The molecule has 0 atom stereocenters. The molecular weight excluding hydrogens is 278 g/mol. The predicted molar refractivity (Wildman–Crippen MR) is 80.5 cm³/mol. The largest absolute Gasteiger partial charge is 0.361 e. The molecule has 1 fully saturated rings. The number of anilines is 1. The van der Waals surface area contributed by atoms with Crippen molar-refractivity contribution in [3.8, 4) is 0 Å². The monoisotopic (exact) mass is 293 g/mol. The van der Waals surface area contributed by atoms with Crippen molar-refractivity contribution in [2.24, 2.45) is 4.99 Å². The standard InChI is InChI=1S/C14H16ClN3O2/c15-11-8-12-14(9-13(11)18(19)20)17(7-6-16-12)10-4-2-1-3-5-10/h6,8-10H,1-5,7H2. The fourth-order valence-corrected chi connectivity index (χ4v) is 3.30. The Morgan fingerprint density at radius 2 is 2.05 bits per heavy atom. The van der Waals surface area contributed by atoms with Gasteiger partial charge >= 0.3 is 0 Å². The minimum Gasteiger partial charge on any atom is -0.361 e. The average molecular weight is 294 g/mol. The molecule has 0 spiro atoms.